The molecule has 0 fully saturated rings. The second-order valence-electron chi connectivity index (χ2n) is 6.21. The molecule has 2 N–H and O–H groups in total. The molecule has 0 bridgehead atoms. The summed E-state index contributed by atoms with van der Waals surface area (Å²) in [5.41, 5.74) is 2.99. The van der Waals surface area contributed by atoms with Crippen molar-refractivity contribution in [3.05, 3.63) is 72.1 Å². The first-order valence-electron chi connectivity index (χ1n) is 8.30. The van der Waals surface area contributed by atoms with Crippen LogP contribution in [0, 0.1) is 11.8 Å². The number of carbonyl (C=O) groups excluding carboxylic acids is 1. The van der Waals surface area contributed by atoms with Gasteiger partial charge in [0, 0.05) is 18.1 Å². The number of carboxylic acid groups (broad SMARTS) is 1. The van der Waals surface area contributed by atoms with Gasteiger partial charge in [0.2, 0.25) is 5.91 Å². The van der Waals surface area contributed by atoms with E-state index in [0.717, 1.165) is 12.0 Å². The molecule has 1 aliphatic rings. The molecule has 1 heterocycles. The number of amides is 1. The van der Waals surface area contributed by atoms with E-state index in [1.165, 1.54) is 5.56 Å². The maximum atomic E-state index is 12.4. The van der Waals surface area contributed by atoms with Crippen molar-refractivity contribution in [1.82, 2.24) is 4.98 Å². The monoisotopic (exact) mass is 336 g/mol. The molecule has 2 atom stereocenters. The first-order chi connectivity index (χ1) is 12.1. The molecule has 1 amide bonds. The van der Waals surface area contributed by atoms with Crippen LogP contribution in [0.3, 0.4) is 0 Å². The SMILES string of the molecule is O=C(O)C1CC=CCC1C(=O)Nc1ccc(Cc2ccncc2)cc1. The lowest BCUT2D eigenvalue weighted by Gasteiger charge is -2.24. The summed E-state index contributed by atoms with van der Waals surface area (Å²) in [6.45, 7) is 0. The minimum Gasteiger partial charge on any atom is -0.481 e. The Morgan fingerprint density at radius 3 is 2.20 bits per heavy atom. The zero-order chi connectivity index (χ0) is 17.6. The van der Waals surface area contributed by atoms with Crippen molar-refractivity contribution in [1.29, 1.82) is 0 Å². The van der Waals surface area contributed by atoms with Gasteiger partial charge in [-0.3, -0.25) is 14.6 Å². The van der Waals surface area contributed by atoms with Gasteiger partial charge in [-0.15, -0.1) is 0 Å². The molecule has 0 aliphatic heterocycles. The molecule has 5 nitrogen and oxygen atoms in total. The van der Waals surface area contributed by atoms with Gasteiger partial charge >= 0.3 is 5.97 Å². The number of aromatic nitrogens is 1. The molecule has 25 heavy (non-hydrogen) atoms. The van der Waals surface area contributed by atoms with Gasteiger partial charge in [0.05, 0.1) is 11.8 Å². The molecular formula is C20H20N2O3. The number of allylic oxidation sites excluding steroid dienone is 2. The predicted molar refractivity (Wildman–Crippen MR) is 95.1 cm³/mol. The second-order valence-corrected chi connectivity index (χ2v) is 6.21. The summed E-state index contributed by atoms with van der Waals surface area (Å²) in [7, 11) is 0. The minimum atomic E-state index is -0.919. The van der Waals surface area contributed by atoms with Gasteiger partial charge in [0.1, 0.15) is 0 Å². The molecule has 2 aromatic rings. The quantitative estimate of drug-likeness (QED) is 0.821. The maximum Gasteiger partial charge on any atom is 0.307 e. The highest BCUT2D eigenvalue weighted by molar-refractivity contribution is 5.95. The number of aliphatic carboxylic acids is 1. The third-order valence-electron chi connectivity index (χ3n) is 4.47. The van der Waals surface area contributed by atoms with E-state index in [9.17, 15) is 14.7 Å². The average Bonchev–Trinajstić information content (AvgIpc) is 2.64. The summed E-state index contributed by atoms with van der Waals surface area (Å²) >= 11 is 0. The predicted octanol–water partition coefficient (Wildman–Crippen LogP) is 3.28. The van der Waals surface area contributed by atoms with Crippen molar-refractivity contribution in [2.24, 2.45) is 11.8 Å². The van der Waals surface area contributed by atoms with Gasteiger partial charge in [-0.1, -0.05) is 24.3 Å². The molecule has 0 radical (unpaired) electrons. The zero-order valence-electron chi connectivity index (χ0n) is 13.8. The molecule has 1 aromatic carbocycles. The highest BCUT2D eigenvalue weighted by Gasteiger charge is 2.33. The topological polar surface area (TPSA) is 79.3 Å². The Labute approximate surface area is 146 Å². The fourth-order valence-electron chi connectivity index (χ4n) is 3.05. The fourth-order valence-corrected chi connectivity index (χ4v) is 3.05. The standard InChI is InChI=1S/C20H20N2O3/c23-19(17-3-1-2-4-18(17)20(24)25)22-16-7-5-14(6-8-16)13-15-9-11-21-12-10-15/h1-2,5-12,17-18H,3-4,13H2,(H,22,23)(H,24,25). The third-order valence-corrected chi connectivity index (χ3v) is 4.47. The molecule has 0 saturated carbocycles. The third kappa shape index (κ3) is 4.32. The Kier molecular flexibility index (Phi) is 5.23. The van der Waals surface area contributed by atoms with Gasteiger partial charge in [0.25, 0.3) is 0 Å². The average molecular weight is 336 g/mol. The number of rotatable bonds is 5. The van der Waals surface area contributed by atoms with E-state index in [1.807, 2.05) is 48.6 Å². The van der Waals surface area contributed by atoms with Crippen LogP contribution in [0.25, 0.3) is 0 Å². The zero-order valence-corrected chi connectivity index (χ0v) is 13.8. The highest BCUT2D eigenvalue weighted by Crippen LogP contribution is 2.27. The number of pyridine rings is 1. The van der Waals surface area contributed by atoms with Crippen LogP contribution in [-0.2, 0) is 16.0 Å². The maximum absolute atomic E-state index is 12.4. The van der Waals surface area contributed by atoms with Crippen LogP contribution < -0.4 is 5.32 Å². The number of carboxylic acids is 1. The van der Waals surface area contributed by atoms with E-state index in [4.69, 9.17) is 0 Å². The van der Waals surface area contributed by atoms with Crippen molar-refractivity contribution >= 4 is 17.6 Å². The first kappa shape index (κ1) is 16.9. The van der Waals surface area contributed by atoms with Crippen LogP contribution in [0.4, 0.5) is 5.69 Å². The van der Waals surface area contributed by atoms with Crippen LogP contribution in [0.1, 0.15) is 24.0 Å². The molecule has 1 aromatic heterocycles. The number of nitrogens with zero attached hydrogens (tertiary/aromatic N) is 1. The van der Waals surface area contributed by atoms with Crippen molar-refractivity contribution in [2.75, 3.05) is 5.32 Å². The Morgan fingerprint density at radius 2 is 1.56 bits per heavy atom. The molecule has 3 rings (SSSR count). The van der Waals surface area contributed by atoms with Crippen LogP contribution in [0.5, 0.6) is 0 Å². The smallest absolute Gasteiger partial charge is 0.307 e. The largest absolute Gasteiger partial charge is 0.481 e. The van der Waals surface area contributed by atoms with E-state index in [1.54, 1.807) is 12.4 Å². The van der Waals surface area contributed by atoms with E-state index in [2.05, 4.69) is 10.3 Å². The minimum absolute atomic E-state index is 0.237. The van der Waals surface area contributed by atoms with Crippen molar-refractivity contribution < 1.29 is 14.7 Å². The fraction of sp³-hybridized carbons (Fsp3) is 0.250. The summed E-state index contributed by atoms with van der Waals surface area (Å²) < 4.78 is 0. The summed E-state index contributed by atoms with van der Waals surface area (Å²) in [6, 6.07) is 11.6. The molecule has 2 unspecified atom stereocenters. The van der Waals surface area contributed by atoms with Gasteiger partial charge in [-0.2, -0.15) is 0 Å². The first-order valence-corrected chi connectivity index (χ1v) is 8.30. The Balaban J connectivity index is 1.63. The van der Waals surface area contributed by atoms with Crippen molar-refractivity contribution in [2.45, 2.75) is 19.3 Å². The van der Waals surface area contributed by atoms with E-state index in [-0.39, 0.29) is 5.91 Å². The van der Waals surface area contributed by atoms with E-state index in [0.29, 0.717) is 18.5 Å². The number of hydrogen-bond acceptors (Lipinski definition) is 3. The molecule has 0 saturated heterocycles. The van der Waals surface area contributed by atoms with Crippen LogP contribution in [0.15, 0.2) is 60.9 Å². The molecule has 5 heteroatoms. The lowest BCUT2D eigenvalue weighted by Crippen LogP contribution is -2.34. The highest BCUT2D eigenvalue weighted by atomic mass is 16.4. The van der Waals surface area contributed by atoms with Gasteiger partial charge in [-0.05, 0) is 54.7 Å². The summed E-state index contributed by atoms with van der Waals surface area (Å²) in [6.07, 6.45) is 8.90. The lowest BCUT2D eigenvalue weighted by atomic mass is 9.82. The van der Waals surface area contributed by atoms with Crippen LogP contribution >= 0.6 is 0 Å². The van der Waals surface area contributed by atoms with Crippen LogP contribution in [0.2, 0.25) is 0 Å². The Morgan fingerprint density at radius 1 is 0.960 bits per heavy atom. The summed E-state index contributed by atoms with van der Waals surface area (Å²) in [5.74, 6) is -2.34. The second kappa shape index (κ2) is 7.75. The lowest BCUT2D eigenvalue weighted by molar-refractivity contribution is -0.146. The van der Waals surface area contributed by atoms with E-state index < -0.39 is 17.8 Å². The number of nitrogens with one attached hydrogen (secondary N) is 1. The van der Waals surface area contributed by atoms with Gasteiger partial charge in [0.15, 0.2) is 0 Å². The normalized spacial score (nSPS) is 19.4. The van der Waals surface area contributed by atoms with Crippen molar-refractivity contribution in [3.63, 3.8) is 0 Å². The number of hydrogen-bond donors (Lipinski definition) is 2. The Bertz CT molecular complexity index is 769. The molecule has 128 valence electrons. The van der Waals surface area contributed by atoms with Crippen LogP contribution in [-0.4, -0.2) is 22.0 Å². The van der Waals surface area contributed by atoms with Crippen molar-refractivity contribution in [3.8, 4) is 0 Å². The van der Waals surface area contributed by atoms with Gasteiger partial charge in [-0.25, -0.2) is 0 Å². The number of carbonyl (C=O) groups is 2. The molecule has 1 aliphatic carbocycles. The van der Waals surface area contributed by atoms with E-state index >= 15 is 0 Å². The van der Waals surface area contributed by atoms with Gasteiger partial charge < -0.3 is 10.4 Å². The summed E-state index contributed by atoms with van der Waals surface area (Å²) in [5, 5.41) is 12.1. The number of anilines is 1. The molecule has 0 spiro atoms. The molecular weight excluding hydrogens is 316 g/mol. The Hall–Kier alpha value is -2.95. The number of benzene rings is 1. The summed E-state index contributed by atoms with van der Waals surface area (Å²) in [4.78, 5) is 27.8.